The van der Waals surface area contributed by atoms with Gasteiger partial charge in [0.15, 0.2) is 0 Å². The van der Waals surface area contributed by atoms with E-state index >= 15 is 0 Å². The molecule has 160 valence electrons. The molecule has 8 nitrogen and oxygen atoms in total. The molecule has 2 fully saturated rings. The van der Waals surface area contributed by atoms with Crippen LogP contribution in [0.15, 0.2) is 24.3 Å². The molecule has 3 amide bonds. The van der Waals surface area contributed by atoms with Crippen molar-refractivity contribution in [3.8, 4) is 0 Å². The molecule has 30 heavy (non-hydrogen) atoms. The van der Waals surface area contributed by atoms with E-state index in [4.69, 9.17) is 9.57 Å². The van der Waals surface area contributed by atoms with Gasteiger partial charge in [-0.05, 0) is 51.2 Å². The molecule has 3 aliphatic rings. The maximum atomic E-state index is 13.0. The Morgan fingerprint density at radius 2 is 1.63 bits per heavy atom. The molecule has 2 atom stereocenters. The Bertz CT molecular complexity index is 866. The lowest BCUT2D eigenvalue weighted by Crippen LogP contribution is -2.38. The van der Waals surface area contributed by atoms with Crippen LogP contribution in [-0.4, -0.2) is 52.5 Å². The van der Waals surface area contributed by atoms with Gasteiger partial charge in [-0.3, -0.25) is 9.59 Å². The van der Waals surface area contributed by atoms with Gasteiger partial charge in [-0.25, -0.2) is 9.59 Å². The summed E-state index contributed by atoms with van der Waals surface area (Å²) in [6.45, 7) is 5.91. The van der Waals surface area contributed by atoms with Gasteiger partial charge in [0.25, 0.3) is 11.8 Å². The number of ether oxygens (including phenoxy) is 1. The summed E-state index contributed by atoms with van der Waals surface area (Å²) in [6, 6.07) is 6.35. The number of hydrogen-bond donors (Lipinski definition) is 0. The topological polar surface area (TPSA) is 93.2 Å². The highest BCUT2D eigenvalue weighted by atomic mass is 16.7. The van der Waals surface area contributed by atoms with Crippen molar-refractivity contribution >= 4 is 23.9 Å². The first kappa shape index (κ1) is 20.4. The van der Waals surface area contributed by atoms with E-state index in [1.807, 2.05) is 0 Å². The highest BCUT2D eigenvalue weighted by molar-refractivity contribution is 6.20. The summed E-state index contributed by atoms with van der Waals surface area (Å²) >= 11 is 0. The van der Waals surface area contributed by atoms with E-state index in [0.29, 0.717) is 17.5 Å². The van der Waals surface area contributed by atoms with E-state index in [0.717, 1.165) is 19.3 Å². The summed E-state index contributed by atoms with van der Waals surface area (Å²) in [4.78, 5) is 57.3. The van der Waals surface area contributed by atoms with Crippen LogP contribution in [0.25, 0.3) is 0 Å². The largest absolute Gasteiger partial charge is 0.444 e. The number of rotatable bonds is 4. The van der Waals surface area contributed by atoms with Gasteiger partial charge in [0.1, 0.15) is 5.60 Å². The average molecular weight is 414 g/mol. The normalized spacial score (nSPS) is 23.6. The minimum absolute atomic E-state index is 0.0901. The molecule has 1 saturated heterocycles. The summed E-state index contributed by atoms with van der Waals surface area (Å²) in [5.41, 5.74) is -0.208. The molecule has 0 aromatic heterocycles. The van der Waals surface area contributed by atoms with Crippen LogP contribution < -0.4 is 0 Å². The third-order valence-electron chi connectivity index (χ3n) is 5.67. The summed E-state index contributed by atoms with van der Waals surface area (Å²) < 4.78 is 5.44. The molecular weight excluding hydrogens is 388 g/mol. The fourth-order valence-electron chi connectivity index (χ4n) is 4.04. The first-order valence-corrected chi connectivity index (χ1v) is 10.3. The van der Waals surface area contributed by atoms with E-state index in [1.54, 1.807) is 32.9 Å². The molecule has 0 N–H and O–H groups in total. The fraction of sp³-hybridized carbons (Fsp3) is 0.545. The van der Waals surface area contributed by atoms with Crippen LogP contribution in [-0.2, 0) is 14.4 Å². The SMILES string of the molecule is CC(C)(C)OC(=O)N1C[C@@H](CC2CC2)[C@H](C(=O)ON2C(=O)c3ccccc3C2=O)C1. The number of carbonyl (C=O) groups excluding carboxylic acids is 4. The van der Waals surface area contributed by atoms with Crippen LogP contribution >= 0.6 is 0 Å². The highest BCUT2D eigenvalue weighted by Gasteiger charge is 2.46. The average Bonchev–Trinajstić information content (AvgIpc) is 3.34. The van der Waals surface area contributed by atoms with Gasteiger partial charge in [-0.1, -0.05) is 30.0 Å². The second kappa shape index (κ2) is 7.41. The number of benzene rings is 1. The zero-order chi connectivity index (χ0) is 21.6. The van der Waals surface area contributed by atoms with E-state index in [2.05, 4.69) is 0 Å². The second-order valence-corrected chi connectivity index (χ2v) is 9.29. The van der Waals surface area contributed by atoms with Crippen LogP contribution in [0.2, 0.25) is 0 Å². The first-order chi connectivity index (χ1) is 14.1. The Balaban J connectivity index is 1.47. The van der Waals surface area contributed by atoms with Gasteiger partial charge in [0, 0.05) is 13.1 Å². The number of carbonyl (C=O) groups is 4. The third-order valence-corrected chi connectivity index (χ3v) is 5.67. The van der Waals surface area contributed by atoms with Gasteiger partial charge < -0.3 is 14.5 Å². The minimum atomic E-state index is -0.666. The van der Waals surface area contributed by atoms with Crippen molar-refractivity contribution in [2.45, 2.75) is 45.6 Å². The van der Waals surface area contributed by atoms with Crippen molar-refractivity contribution in [3.63, 3.8) is 0 Å². The third kappa shape index (κ3) is 4.04. The molecule has 1 aliphatic carbocycles. The highest BCUT2D eigenvalue weighted by Crippen LogP contribution is 2.40. The number of imide groups is 1. The maximum Gasteiger partial charge on any atom is 0.410 e. The van der Waals surface area contributed by atoms with Crippen molar-refractivity contribution in [1.29, 1.82) is 0 Å². The monoisotopic (exact) mass is 414 g/mol. The van der Waals surface area contributed by atoms with Crippen LogP contribution in [0, 0.1) is 17.8 Å². The Kier molecular flexibility index (Phi) is 5.03. The van der Waals surface area contributed by atoms with E-state index in [1.165, 1.54) is 17.0 Å². The number of nitrogens with zero attached hydrogens (tertiary/aromatic N) is 2. The minimum Gasteiger partial charge on any atom is -0.444 e. The fourth-order valence-corrected chi connectivity index (χ4v) is 4.04. The van der Waals surface area contributed by atoms with Crippen molar-refractivity contribution in [2.24, 2.45) is 17.8 Å². The van der Waals surface area contributed by atoms with Gasteiger partial charge in [0.2, 0.25) is 0 Å². The van der Waals surface area contributed by atoms with Gasteiger partial charge in [0.05, 0.1) is 17.0 Å². The maximum absolute atomic E-state index is 13.0. The predicted octanol–water partition coefficient (Wildman–Crippen LogP) is 3.02. The molecule has 1 saturated carbocycles. The lowest BCUT2D eigenvalue weighted by atomic mass is 9.91. The quantitative estimate of drug-likeness (QED) is 0.703. The number of hydrogen-bond acceptors (Lipinski definition) is 6. The second-order valence-electron chi connectivity index (χ2n) is 9.29. The summed E-state index contributed by atoms with van der Waals surface area (Å²) in [7, 11) is 0. The van der Waals surface area contributed by atoms with Crippen LogP contribution in [0.3, 0.4) is 0 Å². The number of amides is 3. The van der Waals surface area contributed by atoms with Crippen molar-refractivity contribution < 1.29 is 28.8 Å². The van der Waals surface area contributed by atoms with E-state index in [9.17, 15) is 19.2 Å². The Morgan fingerprint density at radius 3 is 2.17 bits per heavy atom. The molecule has 8 heteroatoms. The number of likely N-dealkylation sites (tertiary alicyclic amines) is 1. The van der Waals surface area contributed by atoms with Crippen LogP contribution in [0.4, 0.5) is 4.79 Å². The number of fused-ring (bicyclic) bond motifs is 1. The lowest BCUT2D eigenvalue weighted by molar-refractivity contribution is -0.174. The standard InChI is InChI=1S/C22H26N2O6/c1-22(2,3)29-21(28)23-11-14(10-13-8-9-13)17(12-23)20(27)30-24-18(25)15-6-4-5-7-16(15)19(24)26/h4-7,13-14,17H,8-12H2,1-3H3/t14-,17-/m1/s1. The Labute approximate surface area is 175 Å². The predicted molar refractivity (Wildman–Crippen MR) is 105 cm³/mol. The molecule has 2 aliphatic heterocycles. The molecule has 1 aromatic carbocycles. The zero-order valence-corrected chi connectivity index (χ0v) is 17.4. The Morgan fingerprint density at radius 1 is 1.03 bits per heavy atom. The van der Waals surface area contributed by atoms with Gasteiger partial charge in [-0.15, -0.1) is 0 Å². The molecule has 2 heterocycles. The summed E-state index contributed by atoms with van der Waals surface area (Å²) in [5, 5.41) is 0.539. The summed E-state index contributed by atoms with van der Waals surface area (Å²) in [5.74, 6) is -2.12. The van der Waals surface area contributed by atoms with Gasteiger partial charge >= 0.3 is 12.1 Å². The first-order valence-electron chi connectivity index (χ1n) is 10.3. The van der Waals surface area contributed by atoms with E-state index < -0.39 is 35.4 Å². The van der Waals surface area contributed by atoms with Crippen LogP contribution in [0.1, 0.15) is 60.7 Å². The molecule has 0 spiro atoms. The van der Waals surface area contributed by atoms with Crippen molar-refractivity contribution in [2.75, 3.05) is 13.1 Å². The molecule has 0 radical (unpaired) electrons. The van der Waals surface area contributed by atoms with E-state index in [-0.39, 0.29) is 23.6 Å². The van der Waals surface area contributed by atoms with Gasteiger partial charge in [-0.2, -0.15) is 0 Å². The molecule has 0 bridgehead atoms. The molecule has 0 unspecified atom stereocenters. The van der Waals surface area contributed by atoms with Crippen molar-refractivity contribution in [1.82, 2.24) is 9.96 Å². The summed E-state index contributed by atoms with van der Waals surface area (Å²) in [6.07, 6.45) is 2.56. The Hall–Kier alpha value is -2.90. The lowest BCUT2D eigenvalue weighted by Gasteiger charge is -2.24. The smallest absolute Gasteiger partial charge is 0.410 e. The molecule has 1 aromatic rings. The zero-order valence-electron chi connectivity index (χ0n) is 17.4. The van der Waals surface area contributed by atoms with Crippen molar-refractivity contribution in [3.05, 3.63) is 35.4 Å². The van der Waals surface area contributed by atoms with Crippen LogP contribution in [0.5, 0.6) is 0 Å². The molecule has 4 rings (SSSR count). The number of hydroxylamine groups is 2. The molecular formula is C22H26N2O6.